The van der Waals surface area contributed by atoms with E-state index in [2.05, 4.69) is 132 Å². The molecular weight excluding hydrogens is 643 g/mol. The molecule has 2 aliphatic carbocycles. The summed E-state index contributed by atoms with van der Waals surface area (Å²) < 4.78 is 17.3. The third kappa shape index (κ3) is 12.9. The first-order valence-corrected chi connectivity index (χ1v) is 22.9. The van der Waals surface area contributed by atoms with Crippen LogP contribution in [-0.4, -0.2) is 34.2 Å². The molecule has 0 aromatic heterocycles. The summed E-state index contributed by atoms with van der Waals surface area (Å²) in [6, 6.07) is 16.0. The number of allylic oxidation sites excluding steroid dienone is 4. The van der Waals surface area contributed by atoms with Crippen molar-refractivity contribution in [2.75, 3.05) is 0 Å². The van der Waals surface area contributed by atoms with Gasteiger partial charge in [0.1, 0.15) is 17.2 Å². The number of hydrogen-bond acceptors (Lipinski definition) is 4. The lowest BCUT2D eigenvalue weighted by molar-refractivity contribution is 0.452. The highest BCUT2D eigenvalue weighted by Crippen LogP contribution is 2.39. The van der Waals surface area contributed by atoms with E-state index in [-0.39, 0.29) is 10.1 Å². The van der Waals surface area contributed by atoms with Gasteiger partial charge in [0.05, 0.1) is 0 Å². The van der Waals surface area contributed by atoms with Crippen molar-refractivity contribution in [2.45, 2.75) is 127 Å². The minimum Gasteiger partial charge on any atom is -0.544 e. The van der Waals surface area contributed by atoms with Crippen molar-refractivity contribution in [3.05, 3.63) is 78.4 Å². The molecule has 243 valence electrons. The summed E-state index contributed by atoms with van der Waals surface area (Å²) in [6.45, 7) is 22.5. The first-order valence-electron chi connectivity index (χ1n) is 16.1. The van der Waals surface area contributed by atoms with Gasteiger partial charge in [0.15, 0.2) is 0 Å². The molecule has 2 aromatic carbocycles. The zero-order chi connectivity index (χ0) is 33.0. The number of rotatable bonds is 7. The minimum atomic E-state index is -1.78. The molecule has 4 nitrogen and oxygen atoms in total. The van der Waals surface area contributed by atoms with Crippen LogP contribution >= 0.6 is 15.9 Å². The van der Waals surface area contributed by atoms with Gasteiger partial charge in [0.2, 0.25) is 16.6 Å². The molecule has 0 heterocycles. The van der Waals surface area contributed by atoms with Gasteiger partial charge in [-0.1, -0.05) is 93.9 Å². The van der Waals surface area contributed by atoms with Gasteiger partial charge in [0.25, 0.3) is 0 Å². The molecule has 0 fully saturated rings. The van der Waals surface area contributed by atoms with Gasteiger partial charge in [-0.05, 0) is 117 Å². The van der Waals surface area contributed by atoms with Crippen LogP contribution in [0.3, 0.4) is 0 Å². The lowest BCUT2D eigenvalue weighted by atomic mass is 9.89. The fourth-order valence-electron chi connectivity index (χ4n) is 4.19. The number of benzene rings is 2. The Morgan fingerprint density at radius 1 is 0.682 bits per heavy atom. The quantitative estimate of drug-likeness (QED) is 0.177. The average molecular weight is 701 g/mol. The van der Waals surface area contributed by atoms with Gasteiger partial charge in [-0.2, -0.15) is 0 Å². The zero-order valence-corrected chi connectivity index (χ0v) is 32.5. The van der Waals surface area contributed by atoms with E-state index in [1.54, 1.807) is 12.1 Å². The highest BCUT2D eigenvalue weighted by atomic mass is 79.9. The van der Waals surface area contributed by atoms with Crippen LogP contribution in [0.2, 0.25) is 36.3 Å². The number of hydrogen-bond donors (Lipinski definition) is 1. The second-order valence-corrected chi connectivity index (χ2v) is 25.5. The van der Waals surface area contributed by atoms with Crippen LogP contribution in [0.25, 0.3) is 0 Å². The first kappa shape index (κ1) is 38.4. The van der Waals surface area contributed by atoms with E-state index >= 15 is 0 Å². The molecule has 0 bridgehead atoms. The highest BCUT2D eigenvalue weighted by molar-refractivity contribution is 9.09. The van der Waals surface area contributed by atoms with Gasteiger partial charge in [-0.15, -0.1) is 0 Å². The molecular formula is C36H57BBrO4Si2. The minimum absolute atomic E-state index is 0.182. The normalized spacial score (nSPS) is 18.6. The summed E-state index contributed by atoms with van der Waals surface area (Å²) in [6.07, 6.45) is 16.9. The lowest BCUT2D eigenvalue weighted by Gasteiger charge is -2.36. The third-order valence-electron chi connectivity index (χ3n) is 9.13. The Morgan fingerprint density at radius 2 is 1.11 bits per heavy atom. The SMILES string of the molecule is BrC1C=CCCC1.CC(C)(C)[Si](C)(C)Oc1ccc(O[B]O)cc1.CC(C)(C)[Si](C)(C)Oc1ccc([C@@H]2C=CCCC2)cc1. The fourth-order valence-corrected chi connectivity index (χ4v) is 6.79. The summed E-state index contributed by atoms with van der Waals surface area (Å²) >= 11 is 3.50. The average Bonchev–Trinajstić information content (AvgIpc) is 2.95. The second-order valence-electron chi connectivity index (χ2n) is 14.8. The maximum Gasteiger partial charge on any atom is 0.569 e. The predicted molar refractivity (Wildman–Crippen MR) is 199 cm³/mol. The Balaban J connectivity index is 0.000000254. The van der Waals surface area contributed by atoms with Gasteiger partial charge in [0, 0.05) is 10.7 Å². The Bertz CT molecular complexity index is 1170. The van der Waals surface area contributed by atoms with E-state index in [1.807, 2.05) is 12.1 Å². The standard InChI is InChI=1S/C18H28OSi.C12H20BO3Si.C6H9Br/c1-18(2,3)20(4,5)19-17-13-11-16(12-14-17)15-9-7-6-8-10-15;1-12(2,3)17(4,5)16-11-8-6-10(7-9-11)15-13-14;7-6-4-2-1-3-5-6/h7,9,11-15H,6,8,10H2,1-5H3;6-9,14H,1-5H3;2,4,6H,1,3,5H2/t15-;;/m1../s1. The topological polar surface area (TPSA) is 47.9 Å². The molecule has 0 saturated carbocycles. The zero-order valence-electron chi connectivity index (χ0n) is 29.0. The number of halogens is 1. The van der Waals surface area contributed by atoms with Crippen molar-refractivity contribution in [3.8, 4) is 17.2 Å². The van der Waals surface area contributed by atoms with Crippen LogP contribution in [0.5, 0.6) is 17.2 Å². The van der Waals surface area contributed by atoms with Crippen LogP contribution in [0.15, 0.2) is 72.8 Å². The van der Waals surface area contributed by atoms with E-state index in [9.17, 15) is 0 Å². The van der Waals surface area contributed by atoms with Crippen molar-refractivity contribution in [1.29, 1.82) is 0 Å². The second kappa shape index (κ2) is 17.3. The smallest absolute Gasteiger partial charge is 0.544 e. The van der Waals surface area contributed by atoms with Crippen molar-refractivity contribution in [2.24, 2.45) is 0 Å². The molecule has 2 aliphatic rings. The molecule has 1 radical (unpaired) electrons. The first-order chi connectivity index (χ1) is 20.4. The monoisotopic (exact) mass is 699 g/mol. The molecule has 44 heavy (non-hydrogen) atoms. The van der Waals surface area contributed by atoms with Gasteiger partial charge < -0.3 is 18.5 Å². The third-order valence-corrected chi connectivity index (χ3v) is 18.6. The Kier molecular flexibility index (Phi) is 15.1. The lowest BCUT2D eigenvalue weighted by Crippen LogP contribution is -2.43. The van der Waals surface area contributed by atoms with E-state index < -0.39 is 16.6 Å². The molecule has 0 amide bonds. The van der Waals surface area contributed by atoms with Crippen LogP contribution in [-0.2, 0) is 0 Å². The van der Waals surface area contributed by atoms with Crippen LogP contribution < -0.4 is 13.5 Å². The van der Waals surface area contributed by atoms with E-state index in [1.165, 1.54) is 44.1 Å². The summed E-state index contributed by atoms with van der Waals surface area (Å²) in [5, 5.41) is 8.94. The molecule has 4 rings (SSSR count). The molecule has 0 saturated heterocycles. The maximum absolute atomic E-state index is 8.51. The van der Waals surface area contributed by atoms with Crippen LogP contribution in [0, 0.1) is 0 Å². The summed E-state index contributed by atoms with van der Waals surface area (Å²) in [5.74, 6) is 3.07. The Morgan fingerprint density at radius 3 is 1.45 bits per heavy atom. The molecule has 8 heteroatoms. The van der Waals surface area contributed by atoms with E-state index in [4.69, 9.17) is 18.5 Å². The Labute approximate surface area is 280 Å². The van der Waals surface area contributed by atoms with Gasteiger partial charge in [-0.25, -0.2) is 0 Å². The summed E-state index contributed by atoms with van der Waals surface area (Å²) in [5.41, 5.74) is 1.42. The molecule has 0 aliphatic heterocycles. The van der Waals surface area contributed by atoms with Crippen LogP contribution in [0.4, 0.5) is 0 Å². The van der Waals surface area contributed by atoms with E-state index in [0.717, 1.165) is 11.5 Å². The molecule has 1 unspecified atom stereocenters. The van der Waals surface area contributed by atoms with Crippen molar-refractivity contribution in [3.63, 3.8) is 0 Å². The molecule has 2 aromatic rings. The molecule has 1 N–H and O–H groups in total. The molecule has 2 atom stereocenters. The highest BCUT2D eigenvalue weighted by Gasteiger charge is 2.39. The Hall–Kier alpha value is -1.74. The number of alkyl halides is 1. The predicted octanol–water partition coefficient (Wildman–Crippen LogP) is 11.4. The van der Waals surface area contributed by atoms with Crippen molar-refractivity contribution >= 4 is 40.2 Å². The van der Waals surface area contributed by atoms with E-state index in [0.29, 0.717) is 24.2 Å². The van der Waals surface area contributed by atoms with Crippen LogP contribution in [0.1, 0.15) is 91.5 Å². The van der Waals surface area contributed by atoms with Crippen molar-refractivity contribution < 1.29 is 18.5 Å². The largest absolute Gasteiger partial charge is 0.569 e. The maximum atomic E-state index is 8.51. The molecule has 0 spiro atoms. The van der Waals surface area contributed by atoms with Gasteiger partial charge in [-0.3, -0.25) is 0 Å². The summed E-state index contributed by atoms with van der Waals surface area (Å²) in [4.78, 5) is 0.668. The fraction of sp³-hybridized carbons (Fsp3) is 0.556. The summed E-state index contributed by atoms with van der Waals surface area (Å²) in [7, 11) is -2.83. The van der Waals surface area contributed by atoms with Crippen molar-refractivity contribution in [1.82, 2.24) is 0 Å². The van der Waals surface area contributed by atoms with Gasteiger partial charge >= 0.3 is 7.69 Å².